The number of carbonyl (C=O) groups excluding carboxylic acids is 2. The Morgan fingerprint density at radius 1 is 1.48 bits per heavy atom. The molecule has 0 bridgehead atoms. The first-order chi connectivity index (χ1) is 13.5. The minimum atomic E-state index is -4.84. The van der Waals surface area contributed by atoms with Gasteiger partial charge in [-0.25, -0.2) is 14.1 Å². The Kier molecular flexibility index (Phi) is 5.20. The summed E-state index contributed by atoms with van der Waals surface area (Å²) >= 11 is 0.980. The Morgan fingerprint density at radius 2 is 2.14 bits per heavy atom. The van der Waals surface area contributed by atoms with E-state index in [2.05, 4.69) is 15.5 Å². The molecule has 2 atom stereocenters. The molecule has 1 aliphatic heterocycles. The molecule has 29 heavy (non-hydrogen) atoms. The number of nitrogens with one attached hydrogen (secondary N) is 1. The molecule has 0 unspecified atom stereocenters. The van der Waals surface area contributed by atoms with Crippen LogP contribution in [0.15, 0.2) is 10.5 Å². The van der Waals surface area contributed by atoms with Crippen molar-refractivity contribution in [2.45, 2.75) is 30.5 Å². The Morgan fingerprint density at radius 3 is 2.59 bits per heavy atom. The third-order valence-corrected chi connectivity index (χ3v) is 5.95. The van der Waals surface area contributed by atoms with Crippen molar-refractivity contribution in [1.29, 1.82) is 0 Å². The lowest BCUT2D eigenvalue weighted by molar-refractivity contribution is -0.153. The summed E-state index contributed by atoms with van der Waals surface area (Å²) in [6, 6.07) is -2.57. The van der Waals surface area contributed by atoms with Gasteiger partial charge in [-0.05, 0) is 0 Å². The molecule has 2 amide bonds. The first kappa shape index (κ1) is 20.9. The molecule has 1 saturated heterocycles. The molecular weight excluding hydrogens is 432 g/mol. The molecule has 3 rings (SSSR count). The average Bonchev–Trinajstić information content (AvgIpc) is 3.31. The van der Waals surface area contributed by atoms with Gasteiger partial charge < -0.3 is 26.7 Å². The van der Waals surface area contributed by atoms with Gasteiger partial charge in [0.25, 0.3) is 11.8 Å². The highest BCUT2D eigenvalue weighted by Crippen LogP contribution is 2.40. The fourth-order valence-corrected chi connectivity index (χ4v) is 4.03. The summed E-state index contributed by atoms with van der Waals surface area (Å²) in [5.41, 5.74) is 8.94. The number of aromatic nitrogens is 1. The molecule has 1 aromatic rings. The Balaban J connectivity index is 1.82. The first-order valence-electron chi connectivity index (χ1n) is 8.03. The van der Waals surface area contributed by atoms with E-state index in [1.54, 1.807) is 0 Å². The van der Waals surface area contributed by atoms with Crippen molar-refractivity contribution in [2.24, 2.45) is 10.9 Å². The maximum Gasteiger partial charge on any atom is 0.362 e. The van der Waals surface area contributed by atoms with Gasteiger partial charge in [-0.2, -0.15) is 8.42 Å². The van der Waals surface area contributed by atoms with Crippen LogP contribution in [0.2, 0.25) is 0 Å². The van der Waals surface area contributed by atoms with Gasteiger partial charge in [-0.15, -0.1) is 11.3 Å². The number of nitrogen functional groups attached to an aromatic ring is 1. The highest BCUT2D eigenvalue weighted by molar-refractivity contribution is 7.84. The number of nitrogens with two attached hydrogens (primary N) is 2. The van der Waals surface area contributed by atoms with E-state index in [1.807, 2.05) is 0 Å². The molecule has 1 aliphatic carbocycles. The van der Waals surface area contributed by atoms with E-state index >= 15 is 0 Å². The molecule has 14 nitrogen and oxygen atoms in total. The molecule has 16 heteroatoms. The van der Waals surface area contributed by atoms with Crippen LogP contribution in [0.3, 0.4) is 0 Å². The number of carbonyl (C=O) groups is 3. The zero-order valence-electron chi connectivity index (χ0n) is 14.5. The molecule has 2 heterocycles. The van der Waals surface area contributed by atoms with Gasteiger partial charge in [0.15, 0.2) is 10.8 Å². The molecule has 1 aromatic heterocycles. The van der Waals surface area contributed by atoms with Crippen LogP contribution < -0.4 is 16.8 Å². The van der Waals surface area contributed by atoms with Crippen LogP contribution in [-0.4, -0.2) is 75.1 Å². The van der Waals surface area contributed by atoms with E-state index in [-0.39, 0.29) is 34.5 Å². The number of oxime groups is 1. The third kappa shape index (κ3) is 3.86. The Hall–Kier alpha value is -2.82. The minimum absolute atomic E-state index is 0.0334. The fraction of sp³-hybridized carbons (Fsp3) is 0.462. The number of thiazole rings is 1. The van der Waals surface area contributed by atoms with Crippen LogP contribution in [0.25, 0.3) is 0 Å². The van der Waals surface area contributed by atoms with Gasteiger partial charge in [0.05, 0.1) is 6.04 Å². The van der Waals surface area contributed by atoms with E-state index in [1.165, 1.54) is 5.38 Å². The van der Waals surface area contributed by atoms with Crippen molar-refractivity contribution in [3.8, 4) is 0 Å². The van der Waals surface area contributed by atoms with E-state index in [0.717, 1.165) is 11.3 Å². The Labute approximate surface area is 167 Å². The number of hydrogen-bond acceptors (Lipinski definition) is 11. The third-order valence-electron chi connectivity index (χ3n) is 4.33. The van der Waals surface area contributed by atoms with Crippen molar-refractivity contribution < 1.29 is 37.3 Å². The lowest BCUT2D eigenvalue weighted by Crippen LogP contribution is -2.74. The summed E-state index contributed by atoms with van der Waals surface area (Å²) in [4.78, 5) is 44.8. The number of rotatable bonds is 8. The summed E-state index contributed by atoms with van der Waals surface area (Å²) in [6.45, 7) is -0.370. The van der Waals surface area contributed by atoms with Gasteiger partial charge in [0.1, 0.15) is 11.7 Å². The number of carboxylic acid groups (broad SMARTS) is 1. The number of nitrogens with zero attached hydrogens (tertiary/aromatic N) is 3. The van der Waals surface area contributed by atoms with Gasteiger partial charge in [0.2, 0.25) is 5.60 Å². The second kappa shape index (κ2) is 7.21. The second-order valence-corrected chi connectivity index (χ2v) is 8.45. The summed E-state index contributed by atoms with van der Waals surface area (Å²) < 4.78 is 31.7. The highest BCUT2D eigenvalue weighted by atomic mass is 32.2. The van der Waals surface area contributed by atoms with Crippen molar-refractivity contribution in [3.05, 3.63) is 11.1 Å². The maximum atomic E-state index is 12.7. The highest BCUT2D eigenvalue weighted by Gasteiger charge is 2.55. The van der Waals surface area contributed by atoms with Crippen LogP contribution in [0.4, 0.5) is 5.13 Å². The maximum absolute atomic E-state index is 12.7. The summed E-state index contributed by atoms with van der Waals surface area (Å²) in [5.74, 6) is -3.35. The number of carboxylic acids is 1. The van der Waals surface area contributed by atoms with Gasteiger partial charge in [-0.1, -0.05) is 5.16 Å². The lowest BCUT2D eigenvalue weighted by Gasteiger charge is -2.43. The quantitative estimate of drug-likeness (QED) is 0.121. The number of anilines is 1. The van der Waals surface area contributed by atoms with Crippen LogP contribution >= 0.6 is 11.3 Å². The van der Waals surface area contributed by atoms with Crippen LogP contribution in [0, 0.1) is 0 Å². The van der Waals surface area contributed by atoms with Gasteiger partial charge >= 0.3 is 16.3 Å². The molecule has 0 aromatic carbocycles. The van der Waals surface area contributed by atoms with Crippen LogP contribution in [0.5, 0.6) is 0 Å². The molecular formula is C13H16N6O8S2. The zero-order chi connectivity index (χ0) is 21.6. The van der Waals surface area contributed by atoms with Crippen molar-refractivity contribution in [1.82, 2.24) is 14.6 Å². The molecule has 158 valence electrons. The normalized spacial score (nSPS) is 23.3. The van der Waals surface area contributed by atoms with Crippen LogP contribution in [-0.2, 0) is 29.5 Å². The Bertz CT molecular complexity index is 1000. The largest absolute Gasteiger partial charge is 0.478 e. The van der Waals surface area contributed by atoms with E-state index in [0.29, 0.717) is 0 Å². The van der Waals surface area contributed by atoms with Gasteiger partial charge in [0, 0.05) is 24.8 Å². The predicted molar refractivity (Wildman–Crippen MR) is 96.9 cm³/mol. The topological polar surface area (TPSA) is 228 Å². The SMILES string of the molecule is NC[C@@H]1[C@H](NC(=O)/C(=N\OC2(C(=O)O)CC2)c2csc(N)n2)C(=O)N1S(=O)(=O)O. The van der Waals surface area contributed by atoms with E-state index in [9.17, 15) is 22.8 Å². The molecule has 2 fully saturated rings. The minimum Gasteiger partial charge on any atom is -0.478 e. The summed E-state index contributed by atoms with van der Waals surface area (Å²) in [5, 5.41) is 16.5. The summed E-state index contributed by atoms with van der Waals surface area (Å²) in [6.07, 6.45) is 0.388. The van der Waals surface area contributed by atoms with Gasteiger partial charge in [-0.3, -0.25) is 14.1 Å². The number of amides is 2. The van der Waals surface area contributed by atoms with Crippen molar-refractivity contribution in [3.63, 3.8) is 0 Å². The van der Waals surface area contributed by atoms with E-state index < -0.39 is 51.5 Å². The second-order valence-electron chi connectivity index (χ2n) is 6.27. The number of hydrogen-bond donors (Lipinski definition) is 5. The fourth-order valence-electron chi connectivity index (χ4n) is 2.59. The molecule has 7 N–H and O–H groups in total. The van der Waals surface area contributed by atoms with Crippen molar-refractivity contribution >= 4 is 50.3 Å². The molecule has 0 radical (unpaired) electrons. The number of β-lactam (4-membered cyclic amide) rings is 1. The smallest absolute Gasteiger partial charge is 0.362 e. The monoisotopic (exact) mass is 448 g/mol. The van der Waals surface area contributed by atoms with Crippen LogP contribution in [0.1, 0.15) is 18.5 Å². The number of aliphatic carboxylic acids is 1. The standard InChI is InChI=1S/C13H16N6O8S2/c14-3-6-8(10(21)19(6)29(24,25)26)17-9(20)7(5-4-28-12(15)16-5)18-27-13(1-2-13)11(22)23/h4,6,8H,1-3,14H2,(H2,15,16)(H,17,20)(H,22,23)(H,24,25,26)/b18-7-/t6-,8+/m1/s1. The average molecular weight is 448 g/mol. The first-order valence-corrected chi connectivity index (χ1v) is 10.3. The molecule has 2 aliphatic rings. The van der Waals surface area contributed by atoms with Crippen molar-refractivity contribution in [2.75, 3.05) is 12.3 Å². The molecule has 0 spiro atoms. The molecule has 1 saturated carbocycles. The lowest BCUT2D eigenvalue weighted by atomic mass is 9.98. The predicted octanol–water partition coefficient (Wildman–Crippen LogP) is -2.48. The van der Waals surface area contributed by atoms with E-state index in [4.69, 9.17) is 26.0 Å². The zero-order valence-corrected chi connectivity index (χ0v) is 16.1. The summed E-state index contributed by atoms with van der Waals surface area (Å²) in [7, 11) is -4.84.